The zero-order valence-corrected chi connectivity index (χ0v) is 12.5. The van der Waals surface area contributed by atoms with Crippen LogP contribution in [0.5, 0.6) is 0 Å². The van der Waals surface area contributed by atoms with Gasteiger partial charge in [0, 0.05) is 17.2 Å². The largest absolute Gasteiger partial charge is 0.453 e. The van der Waals surface area contributed by atoms with Crippen molar-refractivity contribution in [3.05, 3.63) is 58.9 Å². The average molecular weight is 316 g/mol. The van der Waals surface area contributed by atoms with Gasteiger partial charge in [-0.25, -0.2) is 9.18 Å². The third-order valence-corrected chi connectivity index (χ3v) is 3.30. The van der Waals surface area contributed by atoms with E-state index in [1.54, 1.807) is 26.0 Å². The summed E-state index contributed by atoms with van der Waals surface area (Å²) in [7, 11) is 0. The molecular formula is C16H13FN2O4. The Hall–Kier alpha value is -2.96. The molecule has 2 aromatic heterocycles. The minimum absolute atomic E-state index is 0.0300. The van der Waals surface area contributed by atoms with Gasteiger partial charge >= 0.3 is 5.97 Å². The lowest BCUT2D eigenvalue weighted by molar-refractivity contribution is 0.0417. The summed E-state index contributed by atoms with van der Waals surface area (Å²) in [5, 5.41) is 7.51. The second-order valence-electron chi connectivity index (χ2n) is 5.00. The first-order chi connectivity index (χ1) is 11.0. The van der Waals surface area contributed by atoms with E-state index in [1.165, 1.54) is 18.2 Å². The fourth-order valence-corrected chi connectivity index (χ4v) is 2.04. The summed E-state index contributed by atoms with van der Waals surface area (Å²) in [4.78, 5) is 11.8. The molecule has 0 fully saturated rings. The lowest BCUT2D eigenvalue weighted by Crippen LogP contribution is -2.05. The standard InChI is InChI=1S/C16H13FN2O4/c1-9-7-14(22-18-9)16(20)21-8-13-10(2)15(23-19-13)11-3-5-12(17)6-4-11/h3-7H,8H2,1-2H3. The van der Waals surface area contributed by atoms with Crippen molar-refractivity contribution < 1.29 is 23.0 Å². The van der Waals surface area contributed by atoms with Crippen LogP contribution in [0.3, 0.4) is 0 Å². The maximum Gasteiger partial charge on any atom is 0.377 e. The molecular weight excluding hydrogens is 303 g/mol. The van der Waals surface area contributed by atoms with Gasteiger partial charge in [-0.15, -0.1) is 0 Å². The minimum Gasteiger partial charge on any atom is -0.453 e. The Morgan fingerprint density at radius 3 is 2.57 bits per heavy atom. The van der Waals surface area contributed by atoms with E-state index in [4.69, 9.17) is 13.8 Å². The number of benzene rings is 1. The van der Waals surface area contributed by atoms with E-state index in [0.717, 1.165) is 5.56 Å². The van der Waals surface area contributed by atoms with Gasteiger partial charge in [0.05, 0.1) is 5.69 Å². The van der Waals surface area contributed by atoms with E-state index in [9.17, 15) is 9.18 Å². The SMILES string of the molecule is Cc1cc(C(=O)OCc2noc(-c3ccc(F)cc3)c2C)on1. The van der Waals surface area contributed by atoms with Crippen LogP contribution in [0.4, 0.5) is 4.39 Å². The molecule has 0 saturated heterocycles. The van der Waals surface area contributed by atoms with Gasteiger partial charge in [0.15, 0.2) is 5.76 Å². The fourth-order valence-electron chi connectivity index (χ4n) is 2.04. The van der Waals surface area contributed by atoms with E-state index < -0.39 is 5.97 Å². The molecule has 0 amide bonds. The topological polar surface area (TPSA) is 78.4 Å². The molecule has 3 aromatic rings. The Bertz CT molecular complexity index is 836. The average Bonchev–Trinajstić information content (AvgIpc) is 3.12. The van der Waals surface area contributed by atoms with Gasteiger partial charge in [-0.1, -0.05) is 10.3 Å². The van der Waals surface area contributed by atoms with Crippen LogP contribution in [-0.4, -0.2) is 16.3 Å². The summed E-state index contributed by atoms with van der Waals surface area (Å²) in [6.07, 6.45) is 0. The third-order valence-electron chi connectivity index (χ3n) is 3.30. The molecule has 0 N–H and O–H groups in total. The first-order valence-electron chi connectivity index (χ1n) is 6.86. The zero-order valence-electron chi connectivity index (χ0n) is 12.5. The van der Waals surface area contributed by atoms with Gasteiger partial charge < -0.3 is 13.8 Å². The first kappa shape index (κ1) is 15.0. The fraction of sp³-hybridized carbons (Fsp3) is 0.188. The number of hydrogen-bond donors (Lipinski definition) is 0. The van der Waals surface area contributed by atoms with E-state index in [2.05, 4.69) is 10.3 Å². The lowest BCUT2D eigenvalue weighted by atomic mass is 10.1. The highest BCUT2D eigenvalue weighted by atomic mass is 19.1. The van der Waals surface area contributed by atoms with Crippen molar-refractivity contribution >= 4 is 5.97 Å². The number of halogens is 1. The van der Waals surface area contributed by atoms with Gasteiger partial charge in [-0.05, 0) is 38.1 Å². The van der Waals surface area contributed by atoms with Crippen molar-refractivity contribution in [2.75, 3.05) is 0 Å². The van der Waals surface area contributed by atoms with Crippen molar-refractivity contribution in [1.82, 2.24) is 10.3 Å². The second kappa shape index (κ2) is 6.04. The molecule has 118 valence electrons. The summed E-state index contributed by atoms with van der Waals surface area (Å²) in [6, 6.07) is 7.35. The molecule has 7 heteroatoms. The number of nitrogens with zero attached hydrogens (tertiary/aromatic N) is 2. The van der Waals surface area contributed by atoms with Gasteiger partial charge in [0.1, 0.15) is 18.1 Å². The Morgan fingerprint density at radius 2 is 1.91 bits per heavy atom. The van der Waals surface area contributed by atoms with Crippen LogP contribution in [0.1, 0.15) is 27.5 Å². The molecule has 0 aliphatic rings. The molecule has 6 nitrogen and oxygen atoms in total. The van der Waals surface area contributed by atoms with Crippen molar-refractivity contribution in [1.29, 1.82) is 0 Å². The monoisotopic (exact) mass is 316 g/mol. The third kappa shape index (κ3) is 3.13. The van der Waals surface area contributed by atoms with Gasteiger partial charge in [-0.3, -0.25) is 0 Å². The van der Waals surface area contributed by atoms with Crippen LogP contribution in [0.15, 0.2) is 39.4 Å². The van der Waals surface area contributed by atoms with E-state index in [-0.39, 0.29) is 18.2 Å². The summed E-state index contributed by atoms with van der Waals surface area (Å²) in [5.41, 5.74) is 2.49. The van der Waals surface area contributed by atoms with Gasteiger partial charge in [-0.2, -0.15) is 0 Å². The molecule has 3 rings (SSSR count). The predicted octanol–water partition coefficient (Wildman–Crippen LogP) is 3.44. The number of hydrogen-bond acceptors (Lipinski definition) is 6. The number of esters is 1. The molecule has 0 spiro atoms. The van der Waals surface area contributed by atoms with Crippen molar-refractivity contribution in [3.8, 4) is 11.3 Å². The molecule has 0 radical (unpaired) electrons. The van der Waals surface area contributed by atoms with Crippen LogP contribution in [0.25, 0.3) is 11.3 Å². The molecule has 0 bridgehead atoms. The number of carbonyl (C=O) groups excluding carboxylic acids is 1. The number of carbonyl (C=O) groups is 1. The summed E-state index contributed by atoms with van der Waals surface area (Å²) >= 11 is 0. The molecule has 1 aromatic carbocycles. The number of ether oxygens (including phenoxy) is 1. The Morgan fingerprint density at radius 1 is 1.17 bits per heavy atom. The molecule has 0 atom stereocenters. The van der Waals surface area contributed by atoms with E-state index in [0.29, 0.717) is 22.7 Å². The molecule has 0 saturated carbocycles. The molecule has 0 aliphatic carbocycles. The molecule has 0 unspecified atom stereocenters. The first-order valence-corrected chi connectivity index (χ1v) is 6.86. The second-order valence-corrected chi connectivity index (χ2v) is 5.00. The highest BCUT2D eigenvalue weighted by Crippen LogP contribution is 2.26. The van der Waals surface area contributed by atoms with E-state index in [1.807, 2.05) is 0 Å². The van der Waals surface area contributed by atoms with Crippen LogP contribution in [0, 0.1) is 19.7 Å². The Balaban J connectivity index is 1.72. The van der Waals surface area contributed by atoms with Crippen LogP contribution >= 0.6 is 0 Å². The predicted molar refractivity (Wildman–Crippen MR) is 77.0 cm³/mol. The summed E-state index contributed by atoms with van der Waals surface area (Å²) < 4.78 is 28.2. The smallest absolute Gasteiger partial charge is 0.377 e. The highest BCUT2D eigenvalue weighted by Gasteiger charge is 2.18. The van der Waals surface area contributed by atoms with E-state index >= 15 is 0 Å². The normalized spacial score (nSPS) is 10.7. The number of aryl methyl sites for hydroxylation is 1. The number of aromatic nitrogens is 2. The van der Waals surface area contributed by atoms with Crippen molar-refractivity contribution in [2.45, 2.75) is 20.5 Å². The van der Waals surface area contributed by atoms with Crippen molar-refractivity contribution in [2.24, 2.45) is 0 Å². The minimum atomic E-state index is -0.628. The van der Waals surface area contributed by atoms with Crippen molar-refractivity contribution in [3.63, 3.8) is 0 Å². The maximum absolute atomic E-state index is 13.0. The zero-order chi connectivity index (χ0) is 16.4. The van der Waals surface area contributed by atoms with Gasteiger partial charge in [0.2, 0.25) is 5.76 Å². The summed E-state index contributed by atoms with van der Waals surface area (Å²) in [6.45, 7) is 3.43. The molecule has 23 heavy (non-hydrogen) atoms. The van der Waals surface area contributed by atoms with Crippen LogP contribution in [0.2, 0.25) is 0 Å². The molecule has 0 aliphatic heterocycles. The quantitative estimate of drug-likeness (QED) is 0.686. The van der Waals surface area contributed by atoms with Crippen LogP contribution in [-0.2, 0) is 11.3 Å². The Labute approximate surface area is 130 Å². The van der Waals surface area contributed by atoms with Gasteiger partial charge in [0.25, 0.3) is 0 Å². The number of rotatable bonds is 4. The molecule has 2 heterocycles. The Kier molecular flexibility index (Phi) is 3.92. The highest BCUT2D eigenvalue weighted by molar-refractivity contribution is 5.86. The summed E-state index contributed by atoms with van der Waals surface area (Å²) in [5.74, 6) is -0.423. The van der Waals surface area contributed by atoms with Crippen LogP contribution < -0.4 is 0 Å². The maximum atomic E-state index is 13.0. The lowest BCUT2D eigenvalue weighted by Gasteiger charge is -2.00.